The summed E-state index contributed by atoms with van der Waals surface area (Å²) in [4.78, 5) is 7.41. The van der Waals surface area contributed by atoms with Crippen LogP contribution in [0.5, 0.6) is 0 Å². The highest BCUT2D eigenvalue weighted by molar-refractivity contribution is 7.99. The molecule has 1 aliphatic rings. The second-order valence-corrected chi connectivity index (χ2v) is 9.22. The molecule has 0 radical (unpaired) electrons. The van der Waals surface area contributed by atoms with Gasteiger partial charge in [-0.1, -0.05) is 36.9 Å². The van der Waals surface area contributed by atoms with Crippen LogP contribution in [-0.4, -0.2) is 37.6 Å². The number of nitriles is 1. The molecule has 0 bridgehead atoms. The van der Waals surface area contributed by atoms with E-state index >= 15 is 0 Å². The number of piperazine rings is 1. The number of nitrogens with zero attached hydrogens (tertiary/aromatic N) is 3. The van der Waals surface area contributed by atoms with E-state index in [9.17, 15) is 5.26 Å². The largest absolute Gasteiger partial charge is 0.381 e. The van der Waals surface area contributed by atoms with Gasteiger partial charge in [0, 0.05) is 53.9 Å². The Hall–Kier alpha value is -2.94. The van der Waals surface area contributed by atoms with Gasteiger partial charge in [0.25, 0.3) is 0 Å². The Morgan fingerprint density at radius 3 is 2.31 bits per heavy atom. The summed E-state index contributed by atoms with van der Waals surface area (Å²) in [5, 5.41) is 13.1. The highest BCUT2D eigenvalue weighted by Gasteiger charge is 2.17. The van der Waals surface area contributed by atoms with Crippen LogP contribution in [0, 0.1) is 11.3 Å². The van der Waals surface area contributed by atoms with Gasteiger partial charge in [-0.3, -0.25) is 4.90 Å². The van der Waals surface area contributed by atoms with E-state index in [4.69, 9.17) is 0 Å². The van der Waals surface area contributed by atoms with Crippen LogP contribution >= 0.6 is 11.8 Å². The van der Waals surface area contributed by atoms with Crippen LogP contribution in [0.4, 0.5) is 11.4 Å². The summed E-state index contributed by atoms with van der Waals surface area (Å²) in [6, 6.07) is 27.5. The molecular formula is C27H30N4S. The minimum Gasteiger partial charge on any atom is -0.381 e. The van der Waals surface area contributed by atoms with Crippen molar-refractivity contribution in [3.05, 3.63) is 83.9 Å². The smallest absolute Gasteiger partial charge is 0.0995 e. The highest BCUT2D eigenvalue weighted by atomic mass is 32.2. The molecule has 1 aliphatic heterocycles. The molecule has 5 heteroatoms. The first kappa shape index (κ1) is 22.3. The van der Waals surface area contributed by atoms with Crippen molar-refractivity contribution in [3.8, 4) is 6.07 Å². The summed E-state index contributed by atoms with van der Waals surface area (Å²) < 4.78 is 0. The number of hydrogen-bond acceptors (Lipinski definition) is 5. The van der Waals surface area contributed by atoms with Gasteiger partial charge in [-0.05, 0) is 73.1 Å². The summed E-state index contributed by atoms with van der Waals surface area (Å²) in [5.41, 5.74) is 4.06. The van der Waals surface area contributed by atoms with Crippen LogP contribution in [0.2, 0.25) is 0 Å². The molecule has 4 nitrogen and oxygen atoms in total. The molecule has 1 N–H and O–H groups in total. The Bertz CT molecular complexity index is 1040. The number of hydrogen-bond donors (Lipinski definition) is 1. The molecule has 0 saturated carbocycles. The maximum absolute atomic E-state index is 9.59. The van der Waals surface area contributed by atoms with Gasteiger partial charge in [-0.25, -0.2) is 0 Å². The molecular weight excluding hydrogens is 412 g/mol. The maximum Gasteiger partial charge on any atom is 0.0995 e. The summed E-state index contributed by atoms with van der Waals surface area (Å²) in [7, 11) is 0. The summed E-state index contributed by atoms with van der Waals surface area (Å²) in [6.45, 7) is 8.35. The highest BCUT2D eigenvalue weighted by Crippen LogP contribution is 2.28. The zero-order valence-corrected chi connectivity index (χ0v) is 19.4. The lowest BCUT2D eigenvalue weighted by molar-refractivity contribution is 0.258. The van der Waals surface area contributed by atoms with Crippen molar-refractivity contribution in [1.82, 2.24) is 4.90 Å². The molecule has 0 aromatic heterocycles. The lowest BCUT2D eigenvalue weighted by Crippen LogP contribution is -2.46. The molecule has 1 fully saturated rings. The molecule has 1 heterocycles. The van der Waals surface area contributed by atoms with Crippen molar-refractivity contribution in [3.63, 3.8) is 0 Å². The first-order valence-electron chi connectivity index (χ1n) is 11.3. The molecule has 1 saturated heterocycles. The van der Waals surface area contributed by atoms with Crippen LogP contribution in [-0.2, 0) is 6.54 Å². The quantitative estimate of drug-likeness (QED) is 0.474. The summed E-state index contributed by atoms with van der Waals surface area (Å²) >= 11 is 1.76. The molecule has 4 rings (SSSR count). The van der Waals surface area contributed by atoms with Crippen molar-refractivity contribution in [2.24, 2.45) is 0 Å². The van der Waals surface area contributed by atoms with E-state index in [0.29, 0.717) is 6.54 Å². The van der Waals surface area contributed by atoms with Crippen molar-refractivity contribution in [1.29, 1.82) is 5.26 Å². The van der Waals surface area contributed by atoms with Gasteiger partial charge in [0.15, 0.2) is 0 Å². The van der Waals surface area contributed by atoms with Gasteiger partial charge in [0.1, 0.15) is 0 Å². The molecule has 0 amide bonds. The minimum absolute atomic E-state index is 0.637. The van der Waals surface area contributed by atoms with E-state index in [2.05, 4.69) is 88.8 Å². The van der Waals surface area contributed by atoms with E-state index in [-0.39, 0.29) is 0 Å². The SMILES string of the molecule is CCCN1CCN(c2ccc(C#N)c(CNc3ccc(Sc4ccccc4)cc3)c2)CC1. The Balaban J connectivity index is 1.38. The van der Waals surface area contributed by atoms with Crippen molar-refractivity contribution >= 4 is 23.1 Å². The zero-order valence-electron chi connectivity index (χ0n) is 18.6. The topological polar surface area (TPSA) is 42.3 Å². The van der Waals surface area contributed by atoms with Crippen LogP contribution in [0.25, 0.3) is 0 Å². The lowest BCUT2D eigenvalue weighted by atomic mass is 10.1. The minimum atomic E-state index is 0.637. The van der Waals surface area contributed by atoms with E-state index < -0.39 is 0 Å². The predicted octanol–water partition coefficient (Wildman–Crippen LogP) is 5.85. The Morgan fingerprint density at radius 2 is 1.62 bits per heavy atom. The van der Waals surface area contributed by atoms with Crippen LogP contribution in [0.1, 0.15) is 24.5 Å². The third kappa shape index (κ3) is 5.85. The molecule has 164 valence electrons. The molecule has 32 heavy (non-hydrogen) atoms. The third-order valence-corrected chi connectivity index (χ3v) is 6.82. The van der Waals surface area contributed by atoms with E-state index in [1.165, 1.54) is 28.4 Å². The zero-order chi connectivity index (χ0) is 22.2. The molecule has 0 atom stereocenters. The number of rotatable bonds is 8. The van der Waals surface area contributed by atoms with E-state index in [1.807, 2.05) is 12.1 Å². The molecule has 0 spiro atoms. The van der Waals surface area contributed by atoms with Gasteiger partial charge in [-0.2, -0.15) is 5.26 Å². The van der Waals surface area contributed by atoms with Crippen LogP contribution in [0.15, 0.2) is 82.6 Å². The summed E-state index contributed by atoms with van der Waals surface area (Å²) in [5.74, 6) is 0. The second kappa shape index (κ2) is 11.1. The first-order chi connectivity index (χ1) is 15.7. The molecule has 0 aliphatic carbocycles. The Labute approximate surface area is 195 Å². The molecule has 0 unspecified atom stereocenters. The second-order valence-electron chi connectivity index (χ2n) is 8.07. The van der Waals surface area contributed by atoms with Gasteiger partial charge in [-0.15, -0.1) is 0 Å². The lowest BCUT2D eigenvalue weighted by Gasteiger charge is -2.36. The van der Waals surface area contributed by atoms with Gasteiger partial charge >= 0.3 is 0 Å². The Kier molecular flexibility index (Phi) is 7.71. The monoisotopic (exact) mass is 442 g/mol. The predicted molar refractivity (Wildman–Crippen MR) is 134 cm³/mol. The van der Waals surface area contributed by atoms with Crippen molar-refractivity contribution in [2.45, 2.75) is 29.7 Å². The summed E-state index contributed by atoms with van der Waals surface area (Å²) in [6.07, 6.45) is 1.21. The van der Waals surface area contributed by atoms with Crippen molar-refractivity contribution in [2.75, 3.05) is 42.9 Å². The van der Waals surface area contributed by atoms with Crippen LogP contribution < -0.4 is 10.2 Å². The maximum atomic E-state index is 9.59. The first-order valence-corrected chi connectivity index (χ1v) is 12.1. The normalized spacial score (nSPS) is 14.2. The average Bonchev–Trinajstić information content (AvgIpc) is 2.85. The molecule has 3 aromatic carbocycles. The average molecular weight is 443 g/mol. The van der Waals surface area contributed by atoms with Crippen LogP contribution in [0.3, 0.4) is 0 Å². The van der Waals surface area contributed by atoms with E-state index in [1.54, 1.807) is 11.8 Å². The fourth-order valence-electron chi connectivity index (χ4n) is 4.04. The Morgan fingerprint density at radius 1 is 0.906 bits per heavy atom. The van der Waals surface area contributed by atoms with Crippen molar-refractivity contribution < 1.29 is 0 Å². The standard InChI is InChI=1S/C27H30N4S/c1-2-14-30-15-17-31(18-16-30)25-11-8-22(20-28)23(19-25)21-29-24-9-12-27(13-10-24)32-26-6-4-3-5-7-26/h3-13,19,29H,2,14-18,21H2,1H3. The number of nitrogens with one attached hydrogen (secondary N) is 1. The third-order valence-electron chi connectivity index (χ3n) is 5.80. The van der Waals surface area contributed by atoms with Gasteiger partial charge < -0.3 is 10.2 Å². The fraction of sp³-hybridized carbons (Fsp3) is 0.296. The van der Waals surface area contributed by atoms with E-state index in [0.717, 1.165) is 43.0 Å². The number of anilines is 2. The van der Waals surface area contributed by atoms with Gasteiger partial charge in [0.2, 0.25) is 0 Å². The van der Waals surface area contributed by atoms with Gasteiger partial charge in [0.05, 0.1) is 11.6 Å². The number of benzene rings is 3. The molecule has 3 aromatic rings. The fourth-order valence-corrected chi connectivity index (χ4v) is 4.88.